The highest BCUT2D eigenvalue weighted by Gasteiger charge is 2.06. The van der Waals surface area contributed by atoms with E-state index in [-0.39, 0.29) is 0 Å². The normalized spacial score (nSPS) is 13.2. The van der Waals surface area contributed by atoms with E-state index in [9.17, 15) is 5.11 Å². The molecule has 0 saturated carbocycles. The van der Waals surface area contributed by atoms with Gasteiger partial charge in [0.1, 0.15) is 0 Å². The van der Waals surface area contributed by atoms with E-state index >= 15 is 0 Å². The number of rotatable bonds is 4. The number of benzene rings is 1. The lowest BCUT2D eigenvalue weighted by Gasteiger charge is -2.14. The first-order chi connectivity index (χ1) is 6.59. The van der Waals surface area contributed by atoms with Crippen molar-refractivity contribution in [1.82, 2.24) is 5.32 Å². The summed E-state index contributed by atoms with van der Waals surface area (Å²) in [7, 11) is 0. The number of aliphatic hydroxyl groups is 1. The summed E-state index contributed by atoms with van der Waals surface area (Å²) in [6.07, 6.45) is -0.405. The van der Waals surface area contributed by atoms with Crippen LogP contribution in [0.1, 0.15) is 31.1 Å². The lowest BCUT2D eigenvalue weighted by molar-refractivity contribution is 0.171. The van der Waals surface area contributed by atoms with E-state index in [0.717, 1.165) is 5.56 Å². The highest BCUT2D eigenvalue weighted by Crippen LogP contribution is 2.12. The fraction of sp³-hybridized carbons (Fsp3) is 0.500. The second kappa shape index (κ2) is 5.13. The molecule has 0 aliphatic rings. The van der Waals surface area contributed by atoms with Gasteiger partial charge in [0, 0.05) is 12.6 Å². The summed E-state index contributed by atoms with van der Waals surface area (Å²) in [6, 6.07) is 8.40. The zero-order valence-corrected chi connectivity index (χ0v) is 9.12. The summed E-state index contributed by atoms with van der Waals surface area (Å²) in [5.41, 5.74) is 2.20. The van der Waals surface area contributed by atoms with Crippen LogP contribution in [0.5, 0.6) is 0 Å². The quantitative estimate of drug-likeness (QED) is 0.767. The largest absolute Gasteiger partial charge is 0.387 e. The van der Waals surface area contributed by atoms with E-state index in [4.69, 9.17) is 0 Å². The number of hydrogen-bond acceptors (Lipinski definition) is 2. The Morgan fingerprint density at radius 2 is 1.79 bits per heavy atom. The lowest BCUT2D eigenvalue weighted by Crippen LogP contribution is -2.27. The average molecular weight is 193 g/mol. The molecule has 1 aromatic rings. The van der Waals surface area contributed by atoms with Gasteiger partial charge in [0.05, 0.1) is 6.10 Å². The molecule has 1 aromatic carbocycles. The molecule has 0 aliphatic heterocycles. The van der Waals surface area contributed by atoms with Gasteiger partial charge in [-0.25, -0.2) is 0 Å². The van der Waals surface area contributed by atoms with Crippen LogP contribution < -0.4 is 5.32 Å². The Bertz CT molecular complexity index is 266. The van der Waals surface area contributed by atoms with Crippen LogP contribution in [0.4, 0.5) is 0 Å². The molecular formula is C12H19NO. The van der Waals surface area contributed by atoms with Crippen molar-refractivity contribution >= 4 is 0 Å². The van der Waals surface area contributed by atoms with Gasteiger partial charge in [-0.3, -0.25) is 0 Å². The van der Waals surface area contributed by atoms with Crippen LogP contribution >= 0.6 is 0 Å². The molecular weight excluding hydrogens is 174 g/mol. The maximum Gasteiger partial charge on any atom is 0.0914 e. The van der Waals surface area contributed by atoms with Crippen molar-refractivity contribution in [1.29, 1.82) is 0 Å². The van der Waals surface area contributed by atoms with E-state index in [1.165, 1.54) is 5.56 Å². The van der Waals surface area contributed by atoms with Gasteiger partial charge in [0.15, 0.2) is 0 Å². The summed E-state index contributed by atoms with van der Waals surface area (Å²) in [6.45, 7) is 6.80. The summed E-state index contributed by atoms with van der Waals surface area (Å²) in [5, 5.41) is 13.0. The molecule has 2 N–H and O–H groups in total. The van der Waals surface area contributed by atoms with Crippen LogP contribution in [0, 0.1) is 6.92 Å². The monoisotopic (exact) mass is 193 g/mol. The molecule has 0 aliphatic carbocycles. The van der Waals surface area contributed by atoms with Crippen LogP contribution in [-0.4, -0.2) is 17.7 Å². The third kappa shape index (κ3) is 3.48. The third-order valence-corrected chi connectivity index (χ3v) is 2.18. The average Bonchev–Trinajstić information content (AvgIpc) is 2.15. The molecule has 0 fully saturated rings. The standard InChI is InChI=1S/C12H19NO/c1-9(2)13-8-12(14)11-6-4-10(3)5-7-11/h4-7,9,12-14H,8H2,1-3H3/t12-/m0/s1. The van der Waals surface area contributed by atoms with Crippen molar-refractivity contribution in [2.24, 2.45) is 0 Å². The third-order valence-electron chi connectivity index (χ3n) is 2.18. The molecule has 2 nitrogen and oxygen atoms in total. The molecule has 0 radical (unpaired) electrons. The first-order valence-corrected chi connectivity index (χ1v) is 5.07. The smallest absolute Gasteiger partial charge is 0.0914 e. The van der Waals surface area contributed by atoms with E-state index in [0.29, 0.717) is 12.6 Å². The van der Waals surface area contributed by atoms with Crippen LogP contribution in [0.2, 0.25) is 0 Å². The molecule has 0 bridgehead atoms. The fourth-order valence-electron chi connectivity index (χ4n) is 1.25. The van der Waals surface area contributed by atoms with Crippen LogP contribution in [0.3, 0.4) is 0 Å². The molecule has 78 valence electrons. The molecule has 0 amide bonds. The highest BCUT2D eigenvalue weighted by atomic mass is 16.3. The molecule has 0 spiro atoms. The van der Waals surface area contributed by atoms with Gasteiger partial charge in [0.2, 0.25) is 0 Å². The van der Waals surface area contributed by atoms with Crippen molar-refractivity contribution in [3.05, 3.63) is 35.4 Å². The Kier molecular flexibility index (Phi) is 4.11. The first kappa shape index (κ1) is 11.2. The Balaban J connectivity index is 2.52. The number of aliphatic hydroxyl groups excluding tert-OH is 1. The number of aryl methyl sites for hydroxylation is 1. The van der Waals surface area contributed by atoms with E-state index < -0.39 is 6.10 Å². The molecule has 0 aromatic heterocycles. The minimum atomic E-state index is -0.405. The van der Waals surface area contributed by atoms with E-state index in [1.807, 2.05) is 31.2 Å². The van der Waals surface area contributed by atoms with Crippen molar-refractivity contribution in [2.45, 2.75) is 32.9 Å². The number of hydrogen-bond donors (Lipinski definition) is 2. The Hall–Kier alpha value is -0.860. The summed E-state index contributed by atoms with van der Waals surface area (Å²) >= 11 is 0. The van der Waals surface area contributed by atoms with Gasteiger partial charge in [0.25, 0.3) is 0 Å². The number of nitrogens with one attached hydrogen (secondary N) is 1. The maximum absolute atomic E-state index is 9.80. The van der Waals surface area contributed by atoms with Crippen molar-refractivity contribution in [2.75, 3.05) is 6.54 Å². The molecule has 2 heteroatoms. The minimum Gasteiger partial charge on any atom is -0.387 e. The second-order valence-electron chi connectivity index (χ2n) is 3.99. The van der Waals surface area contributed by atoms with Crippen LogP contribution in [0.15, 0.2) is 24.3 Å². The predicted molar refractivity (Wildman–Crippen MR) is 59.3 cm³/mol. The maximum atomic E-state index is 9.80. The van der Waals surface area contributed by atoms with Crippen molar-refractivity contribution in [3.63, 3.8) is 0 Å². The van der Waals surface area contributed by atoms with Crippen LogP contribution in [-0.2, 0) is 0 Å². The SMILES string of the molecule is Cc1ccc([C@@H](O)CNC(C)C)cc1. The molecule has 1 atom stereocenters. The minimum absolute atomic E-state index is 0.405. The summed E-state index contributed by atoms with van der Waals surface area (Å²) in [4.78, 5) is 0. The molecule has 0 unspecified atom stereocenters. The lowest BCUT2D eigenvalue weighted by atomic mass is 10.1. The molecule has 0 heterocycles. The summed E-state index contributed by atoms with van der Waals surface area (Å²) in [5.74, 6) is 0. The molecule has 1 rings (SSSR count). The topological polar surface area (TPSA) is 32.3 Å². The van der Waals surface area contributed by atoms with Gasteiger partial charge in [-0.2, -0.15) is 0 Å². The van der Waals surface area contributed by atoms with Crippen molar-refractivity contribution in [3.8, 4) is 0 Å². The Morgan fingerprint density at radius 3 is 2.29 bits per heavy atom. The van der Waals surface area contributed by atoms with Gasteiger partial charge in [-0.05, 0) is 12.5 Å². The zero-order valence-electron chi connectivity index (χ0n) is 9.12. The Morgan fingerprint density at radius 1 is 1.21 bits per heavy atom. The first-order valence-electron chi connectivity index (χ1n) is 5.07. The second-order valence-corrected chi connectivity index (χ2v) is 3.99. The van der Waals surface area contributed by atoms with E-state index in [1.54, 1.807) is 0 Å². The Labute approximate surface area is 86.0 Å². The van der Waals surface area contributed by atoms with Crippen molar-refractivity contribution < 1.29 is 5.11 Å². The van der Waals surface area contributed by atoms with Gasteiger partial charge in [-0.15, -0.1) is 0 Å². The van der Waals surface area contributed by atoms with Gasteiger partial charge >= 0.3 is 0 Å². The molecule has 0 saturated heterocycles. The van der Waals surface area contributed by atoms with Crippen LogP contribution in [0.25, 0.3) is 0 Å². The molecule has 14 heavy (non-hydrogen) atoms. The highest BCUT2D eigenvalue weighted by molar-refractivity contribution is 5.23. The zero-order chi connectivity index (χ0) is 10.6. The van der Waals surface area contributed by atoms with E-state index in [2.05, 4.69) is 19.2 Å². The fourth-order valence-corrected chi connectivity index (χ4v) is 1.25. The van der Waals surface area contributed by atoms with Gasteiger partial charge < -0.3 is 10.4 Å². The van der Waals surface area contributed by atoms with Gasteiger partial charge in [-0.1, -0.05) is 43.7 Å². The predicted octanol–water partition coefficient (Wildman–Crippen LogP) is 2.03. The summed E-state index contributed by atoms with van der Waals surface area (Å²) < 4.78 is 0.